The lowest BCUT2D eigenvalue weighted by Gasteiger charge is -2.34. The number of nitrogens with one attached hydrogen (secondary N) is 1. The monoisotopic (exact) mass is 356 g/mol. The molecule has 0 unspecified atom stereocenters. The van der Waals surface area contributed by atoms with E-state index < -0.39 is 5.41 Å². The second-order valence-corrected chi connectivity index (χ2v) is 7.21. The van der Waals surface area contributed by atoms with Gasteiger partial charge in [0.15, 0.2) is 0 Å². The molecule has 0 aliphatic carbocycles. The van der Waals surface area contributed by atoms with Gasteiger partial charge in [-0.25, -0.2) is 0 Å². The van der Waals surface area contributed by atoms with E-state index in [0.717, 1.165) is 12.0 Å². The van der Waals surface area contributed by atoms with E-state index in [1.807, 2.05) is 18.2 Å². The number of hydrogen-bond acceptors (Lipinski definition) is 2. The maximum Gasteiger partial charge on any atom is 0.239 e. The van der Waals surface area contributed by atoms with Crippen molar-refractivity contribution >= 4 is 29.1 Å². The summed E-state index contributed by atoms with van der Waals surface area (Å²) >= 11 is 6.09. The van der Waals surface area contributed by atoms with Crippen molar-refractivity contribution in [3.05, 3.63) is 64.7 Å². The smallest absolute Gasteiger partial charge is 0.239 e. The Bertz CT molecular complexity index is 817. The highest BCUT2D eigenvalue weighted by molar-refractivity contribution is 6.33. The second kappa shape index (κ2) is 6.89. The van der Waals surface area contributed by atoms with Gasteiger partial charge >= 0.3 is 0 Å². The Morgan fingerprint density at radius 3 is 2.40 bits per heavy atom. The fraction of sp³-hybridized carbons (Fsp3) is 0.300. The average molecular weight is 357 g/mol. The van der Waals surface area contributed by atoms with Crippen LogP contribution in [-0.2, 0) is 22.6 Å². The summed E-state index contributed by atoms with van der Waals surface area (Å²) in [6.45, 7) is 4.47. The number of halogens is 1. The molecule has 0 atom stereocenters. The summed E-state index contributed by atoms with van der Waals surface area (Å²) in [7, 11) is 0. The summed E-state index contributed by atoms with van der Waals surface area (Å²) in [5.74, 6) is -0.531. The first-order valence-electron chi connectivity index (χ1n) is 8.32. The maximum absolute atomic E-state index is 13.0. The minimum Gasteiger partial charge on any atom is -0.337 e. The van der Waals surface area contributed by atoms with Gasteiger partial charge in [0.25, 0.3) is 0 Å². The van der Waals surface area contributed by atoms with Crippen molar-refractivity contribution in [1.82, 2.24) is 4.90 Å². The maximum atomic E-state index is 13.0. The topological polar surface area (TPSA) is 49.4 Å². The SMILES string of the molecule is CC(C)(C(=O)Nc1ccccc1Cl)C(=O)N1CCc2ccccc2C1. The predicted molar refractivity (Wildman–Crippen MR) is 99.4 cm³/mol. The largest absolute Gasteiger partial charge is 0.337 e. The predicted octanol–water partition coefficient (Wildman–Crippen LogP) is 3.89. The van der Waals surface area contributed by atoms with Crippen LogP contribution in [-0.4, -0.2) is 23.3 Å². The number of benzene rings is 2. The van der Waals surface area contributed by atoms with Crippen molar-refractivity contribution in [2.45, 2.75) is 26.8 Å². The van der Waals surface area contributed by atoms with Gasteiger partial charge in [0, 0.05) is 13.1 Å². The molecule has 2 amide bonds. The van der Waals surface area contributed by atoms with E-state index in [1.54, 1.807) is 43.0 Å². The van der Waals surface area contributed by atoms with E-state index in [-0.39, 0.29) is 11.8 Å². The molecule has 1 heterocycles. The number of hydrogen-bond donors (Lipinski definition) is 1. The minimum absolute atomic E-state index is 0.174. The van der Waals surface area contributed by atoms with Gasteiger partial charge in [-0.05, 0) is 43.5 Å². The van der Waals surface area contributed by atoms with Crippen LogP contribution in [0.3, 0.4) is 0 Å². The van der Waals surface area contributed by atoms with E-state index in [0.29, 0.717) is 23.8 Å². The molecule has 130 valence electrons. The van der Waals surface area contributed by atoms with Crippen molar-refractivity contribution in [3.8, 4) is 0 Å². The summed E-state index contributed by atoms with van der Waals surface area (Å²) < 4.78 is 0. The highest BCUT2D eigenvalue weighted by atomic mass is 35.5. The van der Waals surface area contributed by atoms with Crippen LogP contribution in [0.2, 0.25) is 5.02 Å². The van der Waals surface area contributed by atoms with E-state index in [1.165, 1.54) is 5.56 Å². The molecule has 0 spiro atoms. The van der Waals surface area contributed by atoms with Crippen LogP contribution in [0.25, 0.3) is 0 Å². The quantitative estimate of drug-likeness (QED) is 0.848. The number of rotatable bonds is 3. The van der Waals surface area contributed by atoms with Gasteiger partial charge in [-0.15, -0.1) is 0 Å². The molecule has 0 fully saturated rings. The van der Waals surface area contributed by atoms with Gasteiger partial charge in [-0.3, -0.25) is 9.59 Å². The first-order valence-corrected chi connectivity index (χ1v) is 8.69. The van der Waals surface area contributed by atoms with E-state index in [4.69, 9.17) is 11.6 Å². The molecule has 0 saturated carbocycles. The van der Waals surface area contributed by atoms with Crippen LogP contribution in [0.4, 0.5) is 5.69 Å². The minimum atomic E-state index is -1.18. The van der Waals surface area contributed by atoms with Gasteiger partial charge in [0.1, 0.15) is 5.41 Å². The number of anilines is 1. The highest BCUT2D eigenvalue weighted by Crippen LogP contribution is 2.28. The van der Waals surface area contributed by atoms with Crippen molar-refractivity contribution in [1.29, 1.82) is 0 Å². The van der Waals surface area contributed by atoms with Crippen LogP contribution in [0.5, 0.6) is 0 Å². The molecule has 0 aromatic heterocycles. The average Bonchev–Trinajstić information content (AvgIpc) is 2.62. The molecule has 5 heteroatoms. The van der Waals surface area contributed by atoms with Gasteiger partial charge in [-0.1, -0.05) is 48.0 Å². The Morgan fingerprint density at radius 1 is 1.04 bits per heavy atom. The lowest BCUT2D eigenvalue weighted by Crippen LogP contribution is -2.48. The van der Waals surface area contributed by atoms with Crippen LogP contribution in [0, 0.1) is 5.41 Å². The number of nitrogens with zero attached hydrogens (tertiary/aromatic N) is 1. The molecule has 2 aromatic carbocycles. The molecule has 2 aromatic rings. The standard InChI is InChI=1S/C20H21ClN2O2/c1-20(2,18(24)22-17-10-6-5-9-16(17)21)19(25)23-12-11-14-7-3-4-8-15(14)13-23/h3-10H,11-13H2,1-2H3,(H,22,24). The Labute approximate surface area is 152 Å². The Morgan fingerprint density at radius 2 is 1.68 bits per heavy atom. The molecule has 0 radical (unpaired) electrons. The number of para-hydroxylation sites is 1. The van der Waals surface area contributed by atoms with Crippen LogP contribution >= 0.6 is 11.6 Å². The highest BCUT2D eigenvalue weighted by Gasteiger charge is 2.40. The lowest BCUT2D eigenvalue weighted by molar-refractivity contribution is -0.147. The zero-order valence-corrected chi connectivity index (χ0v) is 15.1. The molecule has 1 N–H and O–H groups in total. The molecular formula is C20H21ClN2O2. The molecular weight excluding hydrogens is 336 g/mol. The molecule has 3 rings (SSSR count). The summed E-state index contributed by atoms with van der Waals surface area (Å²) in [6, 6.07) is 15.1. The van der Waals surface area contributed by atoms with Crippen molar-refractivity contribution in [2.75, 3.05) is 11.9 Å². The van der Waals surface area contributed by atoms with E-state index in [9.17, 15) is 9.59 Å². The summed E-state index contributed by atoms with van der Waals surface area (Å²) in [4.78, 5) is 27.4. The normalized spacial score (nSPS) is 14.0. The zero-order valence-electron chi connectivity index (χ0n) is 14.4. The zero-order chi connectivity index (χ0) is 18.0. The third-order valence-electron chi connectivity index (χ3n) is 4.64. The van der Waals surface area contributed by atoms with E-state index >= 15 is 0 Å². The molecule has 25 heavy (non-hydrogen) atoms. The fourth-order valence-corrected chi connectivity index (χ4v) is 3.19. The van der Waals surface area contributed by atoms with Gasteiger partial charge < -0.3 is 10.2 Å². The summed E-state index contributed by atoms with van der Waals surface area (Å²) in [5, 5.41) is 3.22. The van der Waals surface area contributed by atoms with Crippen molar-refractivity contribution in [3.63, 3.8) is 0 Å². The molecule has 0 bridgehead atoms. The molecule has 1 aliphatic rings. The van der Waals surface area contributed by atoms with Crippen LogP contribution in [0.1, 0.15) is 25.0 Å². The first kappa shape index (κ1) is 17.5. The second-order valence-electron chi connectivity index (χ2n) is 6.80. The third-order valence-corrected chi connectivity index (χ3v) is 4.97. The van der Waals surface area contributed by atoms with Gasteiger partial charge in [-0.2, -0.15) is 0 Å². The van der Waals surface area contributed by atoms with Crippen molar-refractivity contribution < 1.29 is 9.59 Å². The third kappa shape index (κ3) is 3.54. The van der Waals surface area contributed by atoms with E-state index in [2.05, 4.69) is 11.4 Å². The molecule has 1 aliphatic heterocycles. The van der Waals surface area contributed by atoms with Gasteiger partial charge in [0.2, 0.25) is 11.8 Å². The van der Waals surface area contributed by atoms with Crippen LogP contribution < -0.4 is 5.32 Å². The molecule has 0 saturated heterocycles. The lowest BCUT2D eigenvalue weighted by atomic mass is 9.88. The van der Waals surface area contributed by atoms with Crippen LogP contribution in [0.15, 0.2) is 48.5 Å². The fourth-order valence-electron chi connectivity index (χ4n) is 3.00. The summed E-state index contributed by atoms with van der Waals surface area (Å²) in [6.07, 6.45) is 0.810. The number of fused-ring (bicyclic) bond motifs is 1. The molecule has 4 nitrogen and oxygen atoms in total. The van der Waals surface area contributed by atoms with Gasteiger partial charge in [0.05, 0.1) is 10.7 Å². The van der Waals surface area contributed by atoms with Crippen molar-refractivity contribution in [2.24, 2.45) is 5.41 Å². The first-order chi connectivity index (χ1) is 11.9. The number of carbonyl (C=O) groups excluding carboxylic acids is 2. The Balaban J connectivity index is 1.74. The number of amides is 2. The summed E-state index contributed by atoms with van der Waals surface area (Å²) in [5.41, 5.74) is 1.75. The Kier molecular flexibility index (Phi) is 4.82. The number of carbonyl (C=O) groups is 2. The Hall–Kier alpha value is -2.33.